The predicted molar refractivity (Wildman–Crippen MR) is 173 cm³/mol. The average Bonchev–Trinajstić information content (AvgIpc) is 2.89. The Morgan fingerprint density at radius 3 is 2.09 bits per heavy atom. The Morgan fingerprint density at radius 2 is 1.56 bits per heavy atom. The van der Waals surface area contributed by atoms with Crippen molar-refractivity contribution in [2.45, 2.75) is 99.5 Å². The Bertz CT molecular complexity index is 1700. The van der Waals surface area contributed by atoms with Gasteiger partial charge in [0.15, 0.2) is 17.2 Å². The first-order valence-electron chi connectivity index (χ1n) is 15.9. The van der Waals surface area contributed by atoms with Gasteiger partial charge in [-0.15, -0.1) is 0 Å². The van der Waals surface area contributed by atoms with Crippen molar-refractivity contribution in [3.8, 4) is 5.75 Å². The summed E-state index contributed by atoms with van der Waals surface area (Å²) in [5, 5.41) is 47.4. The van der Waals surface area contributed by atoms with Crippen LogP contribution < -0.4 is 0 Å². The summed E-state index contributed by atoms with van der Waals surface area (Å²) in [4.78, 5) is 41.0. The zero-order valence-electron chi connectivity index (χ0n) is 27.9. The number of aliphatic hydroxyl groups excluding tert-OH is 2. The van der Waals surface area contributed by atoms with E-state index in [2.05, 4.69) is 18.2 Å². The van der Waals surface area contributed by atoms with Gasteiger partial charge in [-0.3, -0.25) is 14.4 Å². The number of hydrogen-bond acceptors (Lipinski definition) is 7. The quantitative estimate of drug-likeness (QED) is 0.266. The molecule has 0 aliphatic heterocycles. The van der Waals surface area contributed by atoms with Gasteiger partial charge in [0.1, 0.15) is 22.8 Å². The molecular weight excluding hydrogens is 568 g/mol. The summed E-state index contributed by atoms with van der Waals surface area (Å²) in [6.45, 7) is 16.4. The Hall–Kier alpha value is -3.71. The number of phenols is 1. The molecule has 2 aromatic rings. The van der Waals surface area contributed by atoms with Gasteiger partial charge in [-0.05, 0) is 80.5 Å². The normalized spacial score (nSPS) is 28.0. The van der Waals surface area contributed by atoms with E-state index in [1.54, 1.807) is 20.8 Å². The van der Waals surface area contributed by atoms with E-state index in [1.165, 1.54) is 0 Å². The molecule has 1 unspecified atom stereocenters. The van der Waals surface area contributed by atoms with Gasteiger partial charge in [-0.25, -0.2) is 0 Å². The Kier molecular flexibility index (Phi) is 7.76. The molecule has 7 nitrogen and oxygen atoms in total. The zero-order valence-corrected chi connectivity index (χ0v) is 27.9. The lowest BCUT2D eigenvalue weighted by Crippen LogP contribution is -2.69. The van der Waals surface area contributed by atoms with Crippen LogP contribution in [-0.4, -0.2) is 43.4 Å². The number of hydrogen-bond donors (Lipinski definition) is 4. The van der Waals surface area contributed by atoms with Crippen molar-refractivity contribution in [2.75, 3.05) is 0 Å². The van der Waals surface area contributed by atoms with Crippen LogP contribution in [0.25, 0.3) is 5.76 Å². The van der Waals surface area contributed by atoms with Gasteiger partial charge in [0.25, 0.3) is 0 Å². The Balaban J connectivity index is 1.73. The molecule has 1 saturated carbocycles. The molecule has 3 aliphatic rings. The molecule has 2 aromatic carbocycles. The first kappa shape index (κ1) is 32.7. The molecule has 5 rings (SSSR count). The van der Waals surface area contributed by atoms with Crippen LogP contribution in [0.15, 0.2) is 41.2 Å². The molecule has 3 aliphatic carbocycles. The summed E-state index contributed by atoms with van der Waals surface area (Å²) in [6, 6.07) is 8.34. The second-order valence-electron chi connectivity index (χ2n) is 14.9. The number of aliphatic hydroxyl groups is 3. The second kappa shape index (κ2) is 10.7. The van der Waals surface area contributed by atoms with Crippen LogP contribution >= 0.6 is 0 Å². The molecule has 4 N–H and O–H groups in total. The molecule has 0 saturated heterocycles. The molecule has 7 heteroatoms. The number of fused-ring (bicyclic) bond motifs is 3. The standard InChI is InChI=1S/C38H46O7/c1-18(2)25-15-24(11-10-23-13-20(5)12-21(6)14-23)31(40)28-26(25)16-36(8)17-37(9)29(19(3)4)32(41)27(22(7)39)34(43)38(37,45)35(44)30(36)33(28)42/h12-15,18-19,29,40,42-43,45H,10-11,16-17H2,1-9H3/t29?,36-,37-,38+/m1/s1. The maximum atomic E-state index is 14.6. The summed E-state index contributed by atoms with van der Waals surface area (Å²) >= 11 is 0. The summed E-state index contributed by atoms with van der Waals surface area (Å²) < 4.78 is 0. The Labute approximate surface area is 265 Å². The highest BCUT2D eigenvalue weighted by molar-refractivity contribution is 6.24. The van der Waals surface area contributed by atoms with Gasteiger partial charge in [-0.2, -0.15) is 0 Å². The van der Waals surface area contributed by atoms with Crippen LogP contribution in [0.1, 0.15) is 99.7 Å². The first-order valence-corrected chi connectivity index (χ1v) is 15.9. The van der Waals surface area contributed by atoms with E-state index in [0.29, 0.717) is 18.4 Å². The van der Waals surface area contributed by atoms with Crippen LogP contribution in [0.5, 0.6) is 5.75 Å². The fraction of sp³-hybridized carbons (Fsp3) is 0.500. The number of Topliss-reactive ketones (excluding diaryl/α,β-unsaturated/α-hetero) is 3. The highest BCUT2D eigenvalue weighted by Crippen LogP contribution is 2.65. The second-order valence-corrected chi connectivity index (χ2v) is 14.9. The molecule has 4 atom stereocenters. The van der Waals surface area contributed by atoms with Gasteiger partial charge < -0.3 is 20.4 Å². The zero-order chi connectivity index (χ0) is 33.5. The number of aryl methyl sites for hydroxylation is 4. The van der Waals surface area contributed by atoms with E-state index in [1.807, 2.05) is 40.7 Å². The fourth-order valence-corrected chi connectivity index (χ4v) is 9.07. The molecule has 1 fully saturated rings. The van der Waals surface area contributed by atoms with Crippen molar-refractivity contribution < 1.29 is 34.8 Å². The summed E-state index contributed by atoms with van der Waals surface area (Å²) in [5.74, 6) is -5.01. The van der Waals surface area contributed by atoms with E-state index < -0.39 is 56.8 Å². The third-order valence-electron chi connectivity index (χ3n) is 10.7. The van der Waals surface area contributed by atoms with Crippen LogP contribution in [0.3, 0.4) is 0 Å². The maximum Gasteiger partial charge on any atom is 0.203 e. The van der Waals surface area contributed by atoms with Gasteiger partial charge >= 0.3 is 0 Å². The maximum absolute atomic E-state index is 14.6. The third kappa shape index (κ3) is 4.60. The number of allylic oxidation sites excluding steroid dienone is 1. The molecular formula is C38H46O7. The molecule has 0 heterocycles. The molecule has 0 aromatic heterocycles. The van der Waals surface area contributed by atoms with E-state index in [9.17, 15) is 34.8 Å². The molecule has 0 radical (unpaired) electrons. The van der Waals surface area contributed by atoms with E-state index in [4.69, 9.17) is 0 Å². The first-order chi connectivity index (χ1) is 20.8. The average molecular weight is 615 g/mol. The minimum absolute atomic E-state index is 0.0360. The topological polar surface area (TPSA) is 132 Å². The molecule has 240 valence electrons. The predicted octanol–water partition coefficient (Wildman–Crippen LogP) is 6.72. The summed E-state index contributed by atoms with van der Waals surface area (Å²) in [5.41, 5.74) is 0.140. The van der Waals surface area contributed by atoms with Gasteiger partial charge in [-0.1, -0.05) is 76.9 Å². The molecule has 45 heavy (non-hydrogen) atoms. The number of ketones is 3. The molecule has 0 amide bonds. The fourth-order valence-electron chi connectivity index (χ4n) is 9.07. The molecule has 0 bridgehead atoms. The van der Waals surface area contributed by atoms with E-state index >= 15 is 0 Å². The van der Waals surface area contributed by atoms with Crippen LogP contribution in [0, 0.1) is 36.5 Å². The van der Waals surface area contributed by atoms with Gasteiger partial charge in [0.2, 0.25) is 5.78 Å². The van der Waals surface area contributed by atoms with Crippen LogP contribution in [0.4, 0.5) is 0 Å². The van der Waals surface area contributed by atoms with Crippen LogP contribution in [-0.2, 0) is 33.6 Å². The molecule has 0 spiro atoms. The van der Waals surface area contributed by atoms with E-state index in [-0.39, 0.29) is 41.6 Å². The lowest BCUT2D eigenvalue weighted by molar-refractivity contribution is -0.178. The van der Waals surface area contributed by atoms with Crippen molar-refractivity contribution in [3.63, 3.8) is 0 Å². The third-order valence-corrected chi connectivity index (χ3v) is 10.7. The number of phenolic OH excluding ortho intramolecular Hbond substituents is 1. The number of carbonyl (C=O) groups is 3. The van der Waals surface area contributed by atoms with Crippen molar-refractivity contribution in [3.05, 3.63) is 80.1 Å². The number of rotatable bonds is 6. The van der Waals surface area contributed by atoms with Gasteiger partial charge in [0.05, 0.1) is 5.56 Å². The van der Waals surface area contributed by atoms with Crippen molar-refractivity contribution in [1.82, 2.24) is 0 Å². The Morgan fingerprint density at radius 1 is 0.956 bits per heavy atom. The van der Waals surface area contributed by atoms with Crippen molar-refractivity contribution in [2.24, 2.45) is 22.7 Å². The summed E-state index contributed by atoms with van der Waals surface area (Å²) in [6.07, 6.45) is 1.52. The highest BCUT2D eigenvalue weighted by Gasteiger charge is 2.72. The van der Waals surface area contributed by atoms with Crippen molar-refractivity contribution in [1.29, 1.82) is 0 Å². The number of carbonyl (C=O) groups excluding carboxylic acids is 3. The minimum atomic E-state index is -2.62. The monoisotopic (exact) mass is 614 g/mol. The van der Waals surface area contributed by atoms with E-state index in [0.717, 1.165) is 34.7 Å². The largest absolute Gasteiger partial charge is 0.508 e. The summed E-state index contributed by atoms with van der Waals surface area (Å²) in [7, 11) is 0. The lowest BCUT2D eigenvalue weighted by Gasteiger charge is -2.60. The van der Waals surface area contributed by atoms with Crippen LogP contribution in [0.2, 0.25) is 0 Å². The SMILES string of the molecule is CC(=O)C1=C(O)[C@]2(O)C(=O)C3=C(O)c4c(O)c(CCc5cc(C)cc(C)c5)cc(C(C)C)c4C[C@]3(C)C[C@]2(C)C(C(C)C)C1=O. The minimum Gasteiger partial charge on any atom is -0.508 e. The van der Waals surface area contributed by atoms with Crippen molar-refractivity contribution >= 4 is 23.1 Å². The highest BCUT2D eigenvalue weighted by atomic mass is 16.3. The number of aromatic hydroxyl groups is 1. The smallest absolute Gasteiger partial charge is 0.203 e. The lowest BCUT2D eigenvalue weighted by atomic mass is 9.43. The van der Waals surface area contributed by atoms with Gasteiger partial charge in [0, 0.05) is 22.3 Å². The number of benzene rings is 2.